The smallest absolute Gasteiger partial charge is 0.156 e. The van der Waals surface area contributed by atoms with Crippen molar-refractivity contribution in [2.75, 3.05) is 6.54 Å². The molecule has 3 aromatic rings. The number of pyridine rings is 1. The molecule has 0 aliphatic heterocycles. The van der Waals surface area contributed by atoms with Crippen LogP contribution in [0.5, 0.6) is 0 Å². The number of nitrogens with one attached hydrogen (secondary N) is 1. The van der Waals surface area contributed by atoms with Gasteiger partial charge in [-0.2, -0.15) is 5.10 Å². The highest BCUT2D eigenvalue weighted by Crippen LogP contribution is 2.21. The standard InChI is InChI=1S/C13H13Cl2N5/c14-10-6-12(15)13-18-11(9-19(13)8-10)7-16-3-5-20-4-1-2-17-20/h1-2,4,6,8-9,16H,3,5,7H2. The molecule has 0 aromatic carbocycles. The Morgan fingerprint density at radius 3 is 2.95 bits per heavy atom. The largest absolute Gasteiger partial charge is 0.309 e. The van der Waals surface area contributed by atoms with Gasteiger partial charge < -0.3 is 9.72 Å². The van der Waals surface area contributed by atoms with Crippen LogP contribution in [-0.4, -0.2) is 25.7 Å². The zero-order chi connectivity index (χ0) is 13.9. The molecule has 20 heavy (non-hydrogen) atoms. The average Bonchev–Trinajstić information content (AvgIpc) is 3.03. The van der Waals surface area contributed by atoms with Crippen LogP contribution in [0.3, 0.4) is 0 Å². The molecule has 0 saturated heterocycles. The molecule has 3 aromatic heterocycles. The predicted octanol–water partition coefficient (Wildman–Crippen LogP) is 2.63. The fourth-order valence-electron chi connectivity index (χ4n) is 2.00. The lowest BCUT2D eigenvalue weighted by Crippen LogP contribution is -2.19. The molecular formula is C13H13Cl2N5. The Morgan fingerprint density at radius 1 is 1.25 bits per heavy atom. The van der Waals surface area contributed by atoms with Crippen LogP contribution >= 0.6 is 23.2 Å². The first kappa shape index (κ1) is 13.4. The Bertz CT molecular complexity index is 705. The molecule has 0 amide bonds. The van der Waals surface area contributed by atoms with E-state index >= 15 is 0 Å². The lowest BCUT2D eigenvalue weighted by Gasteiger charge is -2.02. The van der Waals surface area contributed by atoms with Crippen molar-refractivity contribution in [1.82, 2.24) is 24.5 Å². The molecule has 0 aliphatic rings. The van der Waals surface area contributed by atoms with Gasteiger partial charge in [-0.15, -0.1) is 0 Å². The van der Waals surface area contributed by atoms with E-state index < -0.39 is 0 Å². The number of hydrogen-bond donors (Lipinski definition) is 1. The van der Waals surface area contributed by atoms with Crippen molar-refractivity contribution in [2.45, 2.75) is 13.1 Å². The second-order valence-corrected chi connectivity index (χ2v) is 5.26. The van der Waals surface area contributed by atoms with E-state index in [1.54, 1.807) is 18.5 Å². The van der Waals surface area contributed by atoms with Crippen LogP contribution in [0, 0.1) is 0 Å². The topological polar surface area (TPSA) is 47.2 Å². The zero-order valence-electron chi connectivity index (χ0n) is 10.6. The van der Waals surface area contributed by atoms with Crippen molar-refractivity contribution in [3.63, 3.8) is 0 Å². The first-order valence-electron chi connectivity index (χ1n) is 6.23. The molecule has 0 aliphatic carbocycles. The molecule has 0 saturated carbocycles. The lowest BCUT2D eigenvalue weighted by molar-refractivity contribution is 0.552. The first-order chi connectivity index (χ1) is 9.72. The van der Waals surface area contributed by atoms with Crippen LogP contribution in [0.2, 0.25) is 10.0 Å². The summed E-state index contributed by atoms with van der Waals surface area (Å²) < 4.78 is 3.72. The summed E-state index contributed by atoms with van der Waals surface area (Å²) in [4.78, 5) is 4.48. The molecule has 7 heteroatoms. The predicted molar refractivity (Wildman–Crippen MR) is 79.1 cm³/mol. The lowest BCUT2D eigenvalue weighted by atomic mass is 10.4. The summed E-state index contributed by atoms with van der Waals surface area (Å²) >= 11 is 12.1. The molecule has 5 nitrogen and oxygen atoms in total. The SMILES string of the molecule is Clc1cc(Cl)c2nc(CNCCn3cccn3)cn2c1. The van der Waals surface area contributed by atoms with Crippen LogP contribution in [0.4, 0.5) is 0 Å². The van der Waals surface area contributed by atoms with E-state index in [0.717, 1.165) is 24.4 Å². The monoisotopic (exact) mass is 309 g/mol. The summed E-state index contributed by atoms with van der Waals surface area (Å²) in [6, 6.07) is 3.61. The molecule has 0 bridgehead atoms. The number of fused-ring (bicyclic) bond motifs is 1. The number of aromatic nitrogens is 4. The van der Waals surface area contributed by atoms with Crippen molar-refractivity contribution < 1.29 is 0 Å². The van der Waals surface area contributed by atoms with Gasteiger partial charge in [0.15, 0.2) is 5.65 Å². The first-order valence-corrected chi connectivity index (χ1v) is 6.99. The van der Waals surface area contributed by atoms with E-state index in [-0.39, 0.29) is 0 Å². The van der Waals surface area contributed by atoms with Crippen molar-refractivity contribution in [1.29, 1.82) is 0 Å². The highest BCUT2D eigenvalue weighted by atomic mass is 35.5. The normalized spacial score (nSPS) is 11.3. The Hall–Kier alpha value is -1.56. The highest BCUT2D eigenvalue weighted by molar-refractivity contribution is 6.36. The Balaban J connectivity index is 1.61. The van der Waals surface area contributed by atoms with E-state index in [9.17, 15) is 0 Å². The van der Waals surface area contributed by atoms with Gasteiger partial charge in [0.05, 0.1) is 22.3 Å². The van der Waals surface area contributed by atoms with E-state index in [0.29, 0.717) is 16.6 Å². The summed E-state index contributed by atoms with van der Waals surface area (Å²) in [6.07, 6.45) is 7.43. The molecule has 1 N–H and O–H groups in total. The van der Waals surface area contributed by atoms with Gasteiger partial charge in [0, 0.05) is 37.9 Å². The van der Waals surface area contributed by atoms with Gasteiger partial charge in [0.25, 0.3) is 0 Å². The highest BCUT2D eigenvalue weighted by Gasteiger charge is 2.06. The van der Waals surface area contributed by atoms with Crippen LogP contribution < -0.4 is 5.32 Å². The Labute approximate surface area is 126 Å². The van der Waals surface area contributed by atoms with Gasteiger partial charge in [0.1, 0.15) is 0 Å². The second kappa shape index (κ2) is 5.83. The zero-order valence-corrected chi connectivity index (χ0v) is 12.1. The molecule has 104 valence electrons. The molecule has 0 spiro atoms. The maximum Gasteiger partial charge on any atom is 0.156 e. The summed E-state index contributed by atoms with van der Waals surface area (Å²) in [5.74, 6) is 0. The minimum absolute atomic E-state index is 0.556. The Morgan fingerprint density at radius 2 is 2.15 bits per heavy atom. The summed E-state index contributed by atoms with van der Waals surface area (Å²) in [7, 11) is 0. The van der Waals surface area contributed by atoms with Crippen LogP contribution in [0.25, 0.3) is 5.65 Å². The number of hydrogen-bond acceptors (Lipinski definition) is 3. The van der Waals surface area contributed by atoms with Gasteiger partial charge >= 0.3 is 0 Å². The molecular weight excluding hydrogens is 297 g/mol. The van der Waals surface area contributed by atoms with Gasteiger partial charge in [-0.1, -0.05) is 23.2 Å². The molecule has 0 atom stereocenters. The molecule has 0 radical (unpaired) electrons. The minimum Gasteiger partial charge on any atom is -0.309 e. The molecule has 0 fully saturated rings. The molecule has 0 unspecified atom stereocenters. The quantitative estimate of drug-likeness (QED) is 0.737. The van der Waals surface area contributed by atoms with E-state index in [2.05, 4.69) is 15.4 Å². The average molecular weight is 310 g/mol. The van der Waals surface area contributed by atoms with Crippen molar-refractivity contribution in [3.05, 3.63) is 52.7 Å². The summed E-state index contributed by atoms with van der Waals surface area (Å²) in [5, 5.41) is 8.62. The Kier molecular flexibility index (Phi) is 3.91. The molecule has 3 rings (SSSR count). The van der Waals surface area contributed by atoms with Crippen LogP contribution in [0.1, 0.15) is 5.69 Å². The third-order valence-corrected chi connectivity index (χ3v) is 3.39. The fraction of sp³-hybridized carbons (Fsp3) is 0.231. The van der Waals surface area contributed by atoms with E-state index in [1.165, 1.54) is 0 Å². The molecule has 3 heterocycles. The van der Waals surface area contributed by atoms with Gasteiger partial charge in [-0.3, -0.25) is 4.68 Å². The summed E-state index contributed by atoms with van der Waals surface area (Å²) in [6.45, 7) is 2.33. The van der Waals surface area contributed by atoms with E-state index in [4.69, 9.17) is 23.2 Å². The third kappa shape index (κ3) is 2.95. The maximum atomic E-state index is 6.10. The second-order valence-electron chi connectivity index (χ2n) is 4.42. The van der Waals surface area contributed by atoms with Crippen molar-refractivity contribution in [3.8, 4) is 0 Å². The number of nitrogens with zero attached hydrogens (tertiary/aromatic N) is 4. The third-order valence-electron chi connectivity index (χ3n) is 2.91. The van der Waals surface area contributed by atoms with Crippen LogP contribution in [0.15, 0.2) is 36.9 Å². The number of imidazole rings is 1. The number of rotatable bonds is 5. The number of halogens is 2. The van der Waals surface area contributed by atoms with Crippen molar-refractivity contribution in [2.24, 2.45) is 0 Å². The van der Waals surface area contributed by atoms with Gasteiger partial charge in [-0.05, 0) is 12.1 Å². The maximum absolute atomic E-state index is 6.10. The fourth-order valence-corrected chi connectivity index (χ4v) is 2.53. The van der Waals surface area contributed by atoms with Gasteiger partial charge in [0.2, 0.25) is 0 Å². The summed E-state index contributed by atoms with van der Waals surface area (Å²) in [5.41, 5.74) is 1.65. The van der Waals surface area contributed by atoms with E-state index in [1.807, 2.05) is 27.5 Å². The van der Waals surface area contributed by atoms with Crippen LogP contribution in [-0.2, 0) is 13.1 Å². The van der Waals surface area contributed by atoms with Crippen molar-refractivity contribution >= 4 is 28.8 Å². The van der Waals surface area contributed by atoms with Gasteiger partial charge in [-0.25, -0.2) is 4.98 Å². The minimum atomic E-state index is 0.556.